The van der Waals surface area contributed by atoms with E-state index in [0.29, 0.717) is 0 Å². The van der Waals surface area contributed by atoms with Crippen LogP contribution in [-0.2, 0) is 0 Å². The highest BCUT2D eigenvalue weighted by Crippen LogP contribution is 2.46. The summed E-state index contributed by atoms with van der Waals surface area (Å²) in [7, 11) is 22.9. The summed E-state index contributed by atoms with van der Waals surface area (Å²) in [6.45, 7) is 0. The fourth-order valence-electron chi connectivity index (χ4n) is 10.0. The van der Waals surface area contributed by atoms with Gasteiger partial charge >= 0.3 is 0 Å². The summed E-state index contributed by atoms with van der Waals surface area (Å²) in [6, 6.07) is 45.1. The van der Waals surface area contributed by atoms with Crippen molar-refractivity contribution in [3.8, 4) is 33.4 Å². The normalized spacial score (nSPS) is 13.5. The number of aliphatic imine (C=N–C) groups is 1. The molecular formula is C46H41B10N. The molecule has 11 heteroatoms. The molecule has 0 bridgehead atoms. The first kappa shape index (κ1) is 37.2. The zero-order chi connectivity index (χ0) is 39.9. The van der Waals surface area contributed by atoms with Crippen LogP contribution in [0.3, 0.4) is 0 Å². The van der Waals surface area contributed by atoms with Crippen LogP contribution >= 0.6 is 0 Å². The number of rotatable bonds is 5. The predicted molar refractivity (Wildman–Crippen MR) is 280 cm³/mol. The third-order valence-electron chi connectivity index (χ3n) is 14.0. The van der Waals surface area contributed by atoms with Gasteiger partial charge in [-0.1, -0.05) is 131 Å². The van der Waals surface area contributed by atoms with Gasteiger partial charge < -0.3 is 0 Å². The molecule has 0 aliphatic carbocycles. The van der Waals surface area contributed by atoms with Gasteiger partial charge in [-0.25, -0.2) is 0 Å². The maximum absolute atomic E-state index is 5.44. The molecule has 1 heterocycles. The smallest absolute Gasteiger partial charge is 0.139 e. The molecule has 1 nitrogen and oxygen atoms in total. The molecule has 1 unspecified atom stereocenters. The maximum Gasteiger partial charge on any atom is 0.139 e. The molecule has 0 N–H and O–H groups in total. The molecule has 0 aromatic heterocycles. The Kier molecular flexibility index (Phi) is 9.27. The molecule has 0 amide bonds. The molecule has 1 aliphatic heterocycles. The Hall–Kier alpha value is -5.40. The standard InChI is InChI=1S/C46H41B10N/c47-36-34(37(48)41(52)44(55)40(36)51)28-17-6-5-16-27(28)32-25-14-3-1-12-23(25)31(24-13-2-4-15-26(24)32)21-10-9-11-22(20-21)46-33(29-18-7-8-19-30(29)57-46)35-38(49)42(53)45(56)43(54)39(35)50/h1-20,33H,47-56H2. The Bertz CT molecular complexity index is 2930. The number of nitrogens with zero attached hydrogens (tertiary/aromatic N) is 1. The van der Waals surface area contributed by atoms with Crippen LogP contribution < -0.4 is 54.6 Å². The first-order valence-corrected chi connectivity index (χ1v) is 20.4. The van der Waals surface area contributed by atoms with E-state index < -0.39 is 0 Å². The molecule has 8 aromatic rings. The first-order valence-electron chi connectivity index (χ1n) is 20.4. The molecule has 1 atom stereocenters. The second-order valence-corrected chi connectivity index (χ2v) is 16.5. The van der Waals surface area contributed by atoms with Crippen LogP contribution in [0, 0.1) is 0 Å². The summed E-state index contributed by atoms with van der Waals surface area (Å²) in [5, 5.41) is 5.04. The molecule has 8 aromatic carbocycles. The van der Waals surface area contributed by atoms with E-state index in [0.717, 1.165) is 11.4 Å². The lowest BCUT2D eigenvalue weighted by molar-refractivity contribution is 1.14. The van der Waals surface area contributed by atoms with Gasteiger partial charge in [0.1, 0.15) is 78.5 Å². The van der Waals surface area contributed by atoms with Crippen LogP contribution in [0.25, 0.3) is 54.9 Å². The maximum atomic E-state index is 5.44. The molecule has 0 radical (unpaired) electrons. The Balaban J connectivity index is 1.29. The molecule has 57 heavy (non-hydrogen) atoms. The molecular weight excluding hydrogens is 675 g/mol. The summed E-state index contributed by atoms with van der Waals surface area (Å²) in [5.74, 6) is 0.0581. The Morgan fingerprint density at radius 1 is 0.351 bits per heavy atom. The minimum atomic E-state index is 0.0581. The third kappa shape index (κ3) is 5.72. The average molecular weight is 716 g/mol. The highest BCUT2D eigenvalue weighted by Gasteiger charge is 2.33. The van der Waals surface area contributed by atoms with Crippen molar-refractivity contribution in [2.75, 3.05) is 0 Å². The van der Waals surface area contributed by atoms with Crippen molar-refractivity contribution in [2.24, 2.45) is 4.99 Å². The topological polar surface area (TPSA) is 12.4 Å². The minimum Gasteiger partial charge on any atom is -0.252 e. The van der Waals surface area contributed by atoms with E-state index in [1.54, 1.807) is 0 Å². The zero-order valence-corrected chi connectivity index (χ0v) is 35.1. The van der Waals surface area contributed by atoms with Gasteiger partial charge in [0, 0.05) is 0 Å². The van der Waals surface area contributed by atoms with Gasteiger partial charge in [-0.05, 0) is 83.7 Å². The Morgan fingerprint density at radius 2 is 0.772 bits per heavy atom. The van der Waals surface area contributed by atoms with Gasteiger partial charge in [-0.2, -0.15) is 0 Å². The van der Waals surface area contributed by atoms with Crippen LogP contribution in [0.1, 0.15) is 22.6 Å². The number of hydrogen-bond donors (Lipinski definition) is 0. The zero-order valence-electron chi connectivity index (χ0n) is 35.1. The Labute approximate surface area is 346 Å². The molecule has 9 rings (SSSR count). The van der Waals surface area contributed by atoms with E-state index in [-0.39, 0.29) is 5.92 Å². The van der Waals surface area contributed by atoms with E-state index in [4.69, 9.17) is 4.99 Å². The van der Waals surface area contributed by atoms with E-state index in [1.165, 1.54) is 126 Å². The number of benzene rings is 8. The predicted octanol–water partition coefficient (Wildman–Crippen LogP) is -5.16. The second-order valence-electron chi connectivity index (χ2n) is 16.5. The monoisotopic (exact) mass is 717 g/mol. The largest absolute Gasteiger partial charge is 0.252 e. The average Bonchev–Trinajstić information content (AvgIpc) is 3.62. The van der Waals surface area contributed by atoms with Crippen LogP contribution in [0.4, 0.5) is 5.69 Å². The van der Waals surface area contributed by atoms with E-state index in [2.05, 4.69) is 200 Å². The van der Waals surface area contributed by atoms with Crippen molar-refractivity contribution in [2.45, 2.75) is 5.92 Å². The quantitative estimate of drug-likeness (QED) is 0.125. The molecule has 0 spiro atoms. The molecule has 260 valence electrons. The molecule has 0 saturated heterocycles. The fraction of sp³-hybridized carbons (Fsp3) is 0.0217. The van der Waals surface area contributed by atoms with Gasteiger partial charge in [0.15, 0.2) is 0 Å². The summed E-state index contributed by atoms with van der Waals surface area (Å²) in [5.41, 5.74) is 27.5. The van der Waals surface area contributed by atoms with Crippen molar-refractivity contribution in [1.82, 2.24) is 0 Å². The Morgan fingerprint density at radius 3 is 1.33 bits per heavy atom. The van der Waals surface area contributed by atoms with Gasteiger partial charge in [-0.3, -0.25) is 4.99 Å². The summed E-state index contributed by atoms with van der Waals surface area (Å²) < 4.78 is 0. The molecule has 0 saturated carbocycles. The number of hydrogen-bond acceptors (Lipinski definition) is 1. The first-order chi connectivity index (χ1) is 27.5. The van der Waals surface area contributed by atoms with Gasteiger partial charge in [0.2, 0.25) is 0 Å². The van der Waals surface area contributed by atoms with Crippen molar-refractivity contribution in [3.63, 3.8) is 0 Å². The van der Waals surface area contributed by atoms with Crippen molar-refractivity contribution in [3.05, 3.63) is 138 Å². The van der Waals surface area contributed by atoms with Crippen molar-refractivity contribution < 1.29 is 0 Å². The number of para-hydroxylation sites is 1. The van der Waals surface area contributed by atoms with Crippen LogP contribution in [0.2, 0.25) is 0 Å². The summed E-state index contributed by atoms with van der Waals surface area (Å²) >= 11 is 0. The minimum absolute atomic E-state index is 0.0581. The second kappa shape index (κ2) is 14.2. The molecule has 0 fully saturated rings. The van der Waals surface area contributed by atoms with Gasteiger partial charge in [0.05, 0.1) is 17.3 Å². The van der Waals surface area contributed by atoms with Crippen LogP contribution in [0.5, 0.6) is 0 Å². The summed E-state index contributed by atoms with van der Waals surface area (Å²) in [4.78, 5) is 5.44. The van der Waals surface area contributed by atoms with Crippen LogP contribution in [-0.4, -0.2) is 84.2 Å². The lowest BCUT2D eigenvalue weighted by Crippen LogP contribution is -2.57. The third-order valence-corrected chi connectivity index (χ3v) is 14.0. The highest BCUT2D eigenvalue weighted by molar-refractivity contribution is 6.69. The fourth-order valence-corrected chi connectivity index (χ4v) is 10.0. The lowest BCUT2D eigenvalue weighted by Gasteiger charge is -2.26. The van der Waals surface area contributed by atoms with Crippen molar-refractivity contribution >= 4 is 166 Å². The lowest BCUT2D eigenvalue weighted by atomic mass is 9.58. The highest BCUT2D eigenvalue weighted by atomic mass is 14.8. The SMILES string of the molecule is Bc1c(B)c(B)c(-c2ccccc2-c2c3ccccc3c(-c3cccc(C4=Nc5ccccc5C4c4c(B)c(B)c(B)c(B)c4B)c3)c3ccccc23)c(B)c1B. The van der Waals surface area contributed by atoms with E-state index >= 15 is 0 Å². The van der Waals surface area contributed by atoms with E-state index in [9.17, 15) is 0 Å². The summed E-state index contributed by atoms with van der Waals surface area (Å²) in [6.07, 6.45) is 0. The van der Waals surface area contributed by atoms with Crippen molar-refractivity contribution in [1.29, 1.82) is 0 Å². The van der Waals surface area contributed by atoms with Gasteiger partial charge in [-0.15, -0.1) is 32.8 Å². The number of fused-ring (bicyclic) bond motifs is 3. The van der Waals surface area contributed by atoms with Gasteiger partial charge in [0.25, 0.3) is 0 Å². The van der Waals surface area contributed by atoms with Crippen LogP contribution in [0.15, 0.2) is 126 Å². The van der Waals surface area contributed by atoms with E-state index in [1.807, 2.05) is 0 Å². The molecule has 1 aliphatic rings.